The molecule has 6 heteroatoms. The molecule has 2 aromatic heterocycles. The van der Waals surface area contributed by atoms with Gasteiger partial charge in [0.1, 0.15) is 5.82 Å². The highest BCUT2D eigenvalue weighted by atomic mass is 32.1. The van der Waals surface area contributed by atoms with Crippen molar-refractivity contribution in [1.29, 1.82) is 0 Å². The molecule has 0 bridgehead atoms. The van der Waals surface area contributed by atoms with Crippen molar-refractivity contribution in [2.24, 2.45) is 5.92 Å². The summed E-state index contributed by atoms with van der Waals surface area (Å²) in [6.45, 7) is 3.04. The van der Waals surface area contributed by atoms with Crippen LogP contribution in [0.25, 0.3) is 0 Å². The van der Waals surface area contributed by atoms with Crippen molar-refractivity contribution < 1.29 is 0 Å². The van der Waals surface area contributed by atoms with Gasteiger partial charge in [-0.1, -0.05) is 6.42 Å². The molecule has 1 fully saturated rings. The van der Waals surface area contributed by atoms with Gasteiger partial charge in [-0.05, 0) is 67.2 Å². The molecule has 0 spiro atoms. The van der Waals surface area contributed by atoms with Crippen LogP contribution in [0.3, 0.4) is 0 Å². The number of hydrogen-bond donors (Lipinski definition) is 0. The molecule has 1 atom stereocenters. The Kier molecular flexibility index (Phi) is 3.87. The lowest BCUT2D eigenvalue weighted by molar-refractivity contribution is 0.117. The first-order valence-corrected chi connectivity index (χ1v) is 10.6. The Hall–Kier alpha value is -0.980. The fraction of sp³-hybridized carbons (Fsp3) is 0.667. The topological polar surface area (TPSA) is 26.0 Å². The Morgan fingerprint density at radius 3 is 2.96 bits per heavy atom. The summed E-state index contributed by atoms with van der Waals surface area (Å²) < 4.78 is 5.31. The van der Waals surface area contributed by atoms with E-state index in [2.05, 4.69) is 25.6 Å². The monoisotopic (exact) mass is 360 g/mol. The van der Waals surface area contributed by atoms with Crippen LogP contribution in [-0.4, -0.2) is 25.8 Å². The first-order valence-electron chi connectivity index (χ1n) is 9.28. The number of nitrogens with zero attached hydrogens (tertiary/aromatic N) is 4. The molecule has 128 valence electrons. The molecule has 24 heavy (non-hydrogen) atoms. The summed E-state index contributed by atoms with van der Waals surface area (Å²) in [4.78, 5) is 4.24. The van der Waals surface area contributed by atoms with Gasteiger partial charge < -0.3 is 4.57 Å². The smallest absolute Gasteiger partial charge is 0.199 e. The second kappa shape index (κ2) is 6.07. The molecular weight excluding hydrogens is 336 g/mol. The van der Waals surface area contributed by atoms with Crippen molar-refractivity contribution in [3.05, 3.63) is 32.5 Å². The van der Waals surface area contributed by atoms with E-state index in [1.807, 2.05) is 11.3 Å². The standard InChI is InChI=1S/C18H24N4S2/c23-18-21-9-3-1-2-4-16(21)19-22(18)12-20-10-7-15-14(8-11-24-15)17(20)13-5-6-13/h8,11,13,17H,1-7,9-10,12H2/t17-/m1/s1. The Labute approximate surface area is 152 Å². The highest BCUT2D eigenvalue weighted by Gasteiger charge is 2.40. The minimum Gasteiger partial charge on any atom is -0.304 e. The zero-order valence-corrected chi connectivity index (χ0v) is 15.6. The Morgan fingerprint density at radius 2 is 2.08 bits per heavy atom. The summed E-state index contributed by atoms with van der Waals surface area (Å²) in [7, 11) is 0. The van der Waals surface area contributed by atoms with Gasteiger partial charge in [0.05, 0.1) is 6.67 Å². The number of thiophene rings is 1. The number of rotatable bonds is 3. The van der Waals surface area contributed by atoms with Crippen molar-refractivity contribution in [2.45, 2.75) is 64.2 Å². The summed E-state index contributed by atoms with van der Waals surface area (Å²) in [5.74, 6) is 2.04. The van der Waals surface area contributed by atoms with E-state index >= 15 is 0 Å². The molecule has 3 aliphatic rings. The molecule has 0 saturated heterocycles. The third-order valence-corrected chi connectivity index (χ3v) is 7.21. The maximum absolute atomic E-state index is 5.76. The normalized spacial score (nSPS) is 24.4. The highest BCUT2D eigenvalue weighted by molar-refractivity contribution is 7.71. The van der Waals surface area contributed by atoms with E-state index in [-0.39, 0.29) is 0 Å². The van der Waals surface area contributed by atoms with Gasteiger partial charge in [-0.3, -0.25) is 4.90 Å². The predicted molar refractivity (Wildman–Crippen MR) is 98.8 cm³/mol. The van der Waals surface area contributed by atoms with E-state index in [0.717, 1.165) is 36.9 Å². The van der Waals surface area contributed by atoms with Crippen LogP contribution in [0.15, 0.2) is 11.4 Å². The second-order valence-electron chi connectivity index (χ2n) is 7.45. The zero-order chi connectivity index (χ0) is 16.1. The summed E-state index contributed by atoms with van der Waals surface area (Å²) in [6, 6.07) is 2.94. The number of fused-ring (bicyclic) bond motifs is 2. The average Bonchev–Trinajstić information content (AvgIpc) is 3.30. The van der Waals surface area contributed by atoms with Gasteiger partial charge in [-0.15, -0.1) is 11.3 Å². The molecule has 0 aromatic carbocycles. The van der Waals surface area contributed by atoms with E-state index in [0.29, 0.717) is 6.04 Å². The summed E-state index contributed by atoms with van der Waals surface area (Å²) in [6.07, 6.45) is 8.80. The SMILES string of the molecule is S=c1n(CN2CCc3sccc3[C@H]2C2CC2)nc2n1CCCCC2. The zero-order valence-electron chi connectivity index (χ0n) is 14.0. The third kappa shape index (κ3) is 2.59. The molecule has 2 aromatic rings. The van der Waals surface area contributed by atoms with Gasteiger partial charge in [0.25, 0.3) is 0 Å². The summed E-state index contributed by atoms with van der Waals surface area (Å²) in [5.41, 5.74) is 1.58. The van der Waals surface area contributed by atoms with Crippen LogP contribution in [0.2, 0.25) is 0 Å². The molecule has 0 unspecified atom stereocenters. The molecule has 5 rings (SSSR count). The molecule has 1 aliphatic carbocycles. The minimum atomic E-state index is 0.586. The first-order chi connectivity index (χ1) is 11.8. The lowest BCUT2D eigenvalue weighted by Crippen LogP contribution is -2.37. The summed E-state index contributed by atoms with van der Waals surface area (Å²) in [5, 5.41) is 7.17. The van der Waals surface area contributed by atoms with E-state index in [9.17, 15) is 0 Å². The van der Waals surface area contributed by atoms with Gasteiger partial charge >= 0.3 is 0 Å². The maximum Gasteiger partial charge on any atom is 0.199 e. The van der Waals surface area contributed by atoms with Crippen molar-refractivity contribution in [1.82, 2.24) is 19.2 Å². The van der Waals surface area contributed by atoms with Crippen LogP contribution >= 0.6 is 23.6 Å². The molecule has 2 aliphatic heterocycles. The van der Waals surface area contributed by atoms with Crippen LogP contribution in [0.1, 0.15) is 54.4 Å². The fourth-order valence-electron chi connectivity index (χ4n) is 4.41. The molecule has 0 amide bonds. The van der Waals surface area contributed by atoms with Crippen LogP contribution in [0, 0.1) is 10.7 Å². The highest BCUT2D eigenvalue weighted by Crippen LogP contribution is 2.48. The van der Waals surface area contributed by atoms with Crippen LogP contribution in [-0.2, 0) is 26.1 Å². The predicted octanol–water partition coefficient (Wildman–Crippen LogP) is 4.17. The summed E-state index contributed by atoms with van der Waals surface area (Å²) >= 11 is 7.70. The van der Waals surface area contributed by atoms with Crippen LogP contribution < -0.4 is 0 Å². The Morgan fingerprint density at radius 1 is 1.17 bits per heavy atom. The Balaban J connectivity index is 1.44. The lowest BCUT2D eigenvalue weighted by Gasteiger charge is -2.35. The van der Waals surface area contributed by atoms with Gasteiger partial charge in [0.2, 0.25) is 0 Å². The average molecular weight is 361 g/mol. The van der Waals surface area contributed by atoms with Gasteiger partial charge in [0.15, 0.2) is 4.77 Å². The molecule has 1 saturated carbocycles. The lowest BCUT2D eigenvalue weighted by atomic mass is 9.96. The first kappa shape index (κ1) is 15.3. The molecule has 0 radical (unpaired) electrons. The Bertz CT molecular complexity index is 798. The molecule has 0 N–H and O–H groups in total. The van der Waals surface area contributed by atoms with Gasteiger partial charge in [0, 0.05) is 30.4 Å². The minimum absolute atomic E-state index is 0.586. The van der Waals surface area contributed by atoms with E-state index in [4.69, 9.17) is 17.3 Å². The molecule has 4 nitrogen and oxygen atoms in total. The van der Waals surface area contributed by atoms with Gasteiger partial charge in [-0.2, -0.15) is 5.10 Å². The number of aryl methyl sites for hydroxylation is 1. The molecular formula is C18H24N4S2. The molecule has 4 heterocycles. The van der Waals surface area contributed by atoms with Crippen molar-refractivity contribution in [3.63, 3.8) is 0 Å². The fourth-order valence-corrected chi connectivity index (χ4v) is 5.62. The van der Waals surface area contributed by atoms with Crippen molar-refractivity contribution >= 4 is 23.6 Å². The van der Waals surface area contributed by atoms with E-state index in [1.165, 1.54) is 44.3 Å². The van der Waals surface area contributed by atoms with Crippen molar-refractivity contribution in [2.75, 3.05) is 6.54 Å². The number of aromatic nitrogens is 3. The van der Waals surface area contributed by atoms with Gasteiger partial charge in [-0.25, -0.2) is 4.68 Å². The third-order valence-electron chi connectivity index (χ3n) is 5.78. The maximum atomic E-state index is 5.76. The van der Waals surface area contributed by atoms with E-state index in [1.54, 1.807) is 10.4 Å². The number of hydrogen-bond acceptors (Lipinski definition) is 4. The van der Waals surface area contributed by atoms with Crippen molar-refractivity contribution in [3.8, 4) is 0 Å². The van der Waals surface area contributed by atoms with Crippen LogP contribution in [0.4, 0.5) is 0 Å². The quantitative estimate of drug-likeness (QED) is 0.769. The largest absolute Gasteiger partial charge is 0.304 e. The van der Waals surface area contributed by atoms with E-state index < -0.39 is 0 Å². The van der Waals surface area contributed by atoms with Crippen LogP contribution in [0.5, 0.6) is 0 Å². The second-order valence-corrected chi connectivity index (χ2v) is 8.81.